The Morgan fingerprint density at radius 2 is 1.88 bits per heavy atom. The van der Waals surface area contributed by atoms with E-state index in [1.165, 1.54) is 11.3 Å². The number of nitrogens with one attached hydrogen (secondary N) is 3. The average Bonchev–Trinajstić information content (AvgIpc) is 3.21. The number of methoxy groups -OCH3 is 2. The number of aliphatic imine (C=N–C) groups is 1. The summed E-state index contributed by atoms with van der Waals surface area (Å²) in [7, 11) is 4.90. The van der Waals surface area contributed by atoms with Crippen LogP contribution in [0.5, 0.6) is 11.5 Å². The van der Waals surface area contributed by atoms with Gasteiger partial charge in [-0.05, 0) is 30.0 Å². The SMILES string of the molecule is CN=C(NCCCNC(=O)c1cccs1)Nc1ccc(OC)c(OC)c1. The van der Waals surface area contributed by atoms with Crippen molar-refractivity contribution in [3.8, 4) is 11.5 Å². The molecular formula is C18H24N4O3S. The number of nitrogens with zero attached hydrogens (tertiary/aromatic N) is 1. The van der Waals surface area contributed by atoms with Gasteiger partial charge in [0.2, 0.25) is 0 Å². The van der Waals surface area contributed by atoms with E-state index < -0.39 is 0 Å². The highest BCUT2D eigenvalue weighted by molar-refractivity contribution is 7.12. The molecule has 1 aromatic heterocycles. The van der Waals surface area contributed by atoms with E-state index in [0.717, 1.165) is 17.0 Å². The van der Waals surface area contributed by atoms with Crippen molar-refractivity contribution in [1.82, 2.24) is 10.6 Å². The van der Waals surface area contributed by atoms with E-state index >= 15 is 0 Å². The molecule has 0 atom stereocenters. The molecule has 140 valence electrons. The predicted octanol–water partition coefficient (Wildman–Crippen LogP) is 2.57. The van der Waals surface area contributed by atoms with Gasteiger partial charge in [0.15, 0.2) is 17.5 Å². The molecule has 1 heterocycles. The van der Waals surface area contributed by atoms with E-state index in [1.807, 2.05) is 35.7 Å². The Hall–Kier alpha value is -2.74. The zero-order valence-electron chi connectivity index (χ0n) is 15.2. The van der Waals surface area contributed by atoms with Gasteiger partial charge in [0, 0.05) is 31.9 Å². The van der Waals surface area contributed by atoms with Crippen LogP contribution in [0.1, 0.15) is 16.1 Å². The summed E-state index contributed by atoms with van der Waals surface area (Å²) in [6.45, 7) is 1.27. The van der Waals surface area contributed by atoms with Gasteiger partial charge < -0.3 is 25.4 Å². The number of anilines is 1. The first-order chi connectivity index (χ1) is 12.7. The zero-order valence-corrected chi connectivity index (χ0v) is 16.0. The molecule has 1 aromatic carbocycles. The predicted molar refractivity (Wildman–Crippen MR) is 106 cm³/mol. The fraction of sp³-hybridized carbons (Fsp3) is 0.333. The summed E-state index contributed by atoms with van der Waals surface area (Å²) >= 11 is 1.43. The Morgan fingerprint density at radius 1 is 1.12 bits per heavy atom. The Morgan fingerprint density at radius 3 is 2.54 bits per heavy atom. The van der Waals surface area contributed by atoms with Gasteiger partial charge in [-0.3, -0.25) is 9.79 Å². The first-order valence-electron chi connectivity index (χ1n) is 8.19. The summed E-state index contributed by atoms with van der Waals surface area (Å²) in [5.74, 6) is 1.92. The minimum absolute atomic E-state index is 0.0344. The van der Waals surface area contributed by atoms with Gasteiger partial charge in [0.25, 0.3) is 5.91 Å². The van der Waals surface area contributed by atoms with E-state index in [1.54, 1.807) is 21.3 Å². The average molecular weight is 376 g/mol. The summed E-state index contributed by atoms with van der Waals surface area (Å²) < 4.78 is 10.5. The Bertz CT molecular complexity index is 732. The quantitative estimate of drug-likeness (QED) is 0.375. The number of amides is 1. The molecule has 2 aromatic rings. The molecule has 0 saturated heterocycles. The highest BCUT2D eigenvalue weighted by atomic mass is 32.1. The molecule has 0 aliphatic heterocycles. The first-order valence-corrected chi connectivity index (χ1v) is 9.07. The molecule has 0 bridgehead atoms. The van der Waals surface area contributed by atoms with E-state index in [-0.39, 0.29) is 5.91 Å². The standard InChI is InChI=1S/C18H24N4O3S/c1-19-18(22-13-7-8-14(24-2)15(12-13)25-3)21-10-5-9-20-17(23)16-6-4-11-26-16/h4,6-8,11-12H,5,9-10H2,1-3H3,(H,20,23)(H2,19,21,22). The third-order valence-corrected chi connectivity index (χ3v) is 4.42. The summed E-state index contributed by atoms with van der Waals surface area (Å²) in [6.07, 6.45) is 0.781. The molecule has 7 nitrogen and oxygen atoms in total. The molecule has 0 saturated carbocycles. The number of benzene rings is 1. The molecule has 3 N–H and O–H groups in total. The maximum absolute atomic E-state index is 11.8. The maximum atomic E-state index is 11.8. The molecular weight excluding hydrogens is 352 g/mol. The molecule has 0 radical (unpaired) electrons. The number of hydrogen-bond donors (Lipinski definition) is 3. The van der Waals surface area contributed by atoms with Crippen molar-refractivity contribution in [2.75, 3.05) is 39.7 Å². The van der Waals surface area contributed by atoms with Gasteiger partial charge in [0.1, 0.15) is 0 Å². The molecule has 0 unspecified atom stereocenters. The van der Waals surface area contributed by atoms with Gasteiger partial charge in [0.05, 0.1) is 19.1 Å². The van der Waals surface area contributed by atoms with Crippen LogP contribution in [-0.2, 0) is 0 Å². The molecule has 0 aliphatic rings. The molecule has 0 fully saturated rings. The summed E-state index contributed by atoms with van der Waals surface area (Å²) in [6, 6.07) is 9.23. The minimum Gasteiger partial charge on any atom is -0.493 e. The van der Waals surface area contributed by atoms with Gasteiger partial charge in [-0.2, -0.15) is 0 Å². The zero-order chi connectivity index (χ0) is 18.8. The van der Waals surface area contributed by atoms with Gasteiger partial charge in [-0.25, -0.2) is 0 Å². The fourth-order valence-corrected chi connectivity index (χ4v) is 2.86. The molecule has 1 amide bonds. The number of ether oxygens (including phenoxy) is 2. The van der Waals surface area contributed by atoms with E-state index in [2.05, 4.69) is 20.9 Å². The largest absolute Gasteiger partial charge is 0.493 e. The van der Waals surface area contributed by atoms with Crippen LogP contribution >= 0.6 is 11.3 Å². The number of thiophene rings is 1. The van der Waals surface area contributed by atoms with Crippen LogP contribution in [0, 0.1) is 0 Å². The number of rotatable bonds is 8. The van der Waals surface area contributed by atoms with Crippen LogP contribution in [0.2, 0.25) is 0 Å². The lowest BCUT2D eigenvalue weighted by molar-refractivity contribution is 0.0957. The molecule has 26 heavy (non-hydrogen) atoms. The highest BCUT2D eigenvalue weighted by Gasteiger charge is 2.07. The van der Waals surface area contributed by atoms with Gasteiger partial charge in [-0.1, -0.05) is 6.07 Å². The maximum Gasteiger partial charge on any atom is 0.261 e. The second-order valence-corrected chi connectivity index (χ2v) is 6.23. The third kappa shape index (κ3) is 5.66. The number of hydrogen-bond acceptors (Lipinski definition) is 5. The van der Waals surface area contributed by atoms with Crippen molar-refractivity contribution in [2.24, 2.45) is 4.99 Å². The highest BCUT2D eigenvalue weighted by Crippen LogP contribution is 2.29. The van der Waals surface area contributed by atoms with E-state index in [9.17, 15) is 4.79 Å². The molecule has 8 heteroatoms. The van der Waals surface area contributed by atoms with Crippen LogP contribution in [0.3, 0.4) is 0 Å². The lowest BCUT2D eigenvalue weighted by Gasteiger charge is -2.14. The second-order valence-electron chi connectivity index (χ2n) is 5.28. The summed E-state index contributed by atoms with van der Waals surface area (Å²) in [5, 5.41) is 11.2. The Balaban J connectivity index is 1.75. The lowest BCUT2D eigenvalue weighted by Crippen LogP contribution is -2.33. The Kier molecular flexibility index (Phi) is 7.75. The topological polar surface area (TPSA) is 84.0 Å². The summed E-state index contributed by atoms with van der Waals surface area (Å²) in [5.41, 5.74) is 0.835. The monoisotopic (exact) mass is 376 g/mol. The second kappa shape index (κ2) is 10.3. The van der Waals surface area contributed by atoms with Crippen LogP contribution in [-0.4, -0.2) is 46.2 Å². The van der Waals surface area contributed by atoms with Crippen LogP contribution < -0.4 is 25.4 Å². The van der Waals surface area contributed by atoms with E-state index in [0.29, 0.717) is 30.5 Å². The molecule has 0 spiro atoms. The third-order valence-electron chi connectivity index (χ3n) is 3.55. The van der Waals surface area contributed by atoms with Crippen molar-refractivity contribution in [3.63, 3.8) is 0 Å². The van der Waals surface area contributed by atoms with Crippen LogP contribution in [0.15, 0.2) is 40.7 Å². The van der Waals surface area contributed by atoms with Crippen molar-refractivity contribution >= 4 is 28.9 Å². The number of guanidine groups is 1. The number of carbonyl (C=O) groups is 1. The van der Waals surface area contributed by atoms with Crippen LogP contribution in [0.4, 0.5) is 5.69 Å². The first kappa shape index (κ1) is 19.6. The van der Waals surface area contributed by atoms with Gasteiger partial charge in [-0.15, -0.1) is 11.3 Å². The minimum atomic E-state index is -0.0344. The van der Waals surface area contributed by atoms with Crippen molar-refractivity contribution < 1.29 is 14.3 Å². The van der Waals surface area contributed by atoms with Gasteiger partial charge >= 0.3 is 0 Å². The van der Waals surface area contributed by atoms with Crippen LogP contribution in [0.25, 0.3) is 0 Å². The van der Waals surface area contributed by atoms with Crippen molar-refractivity contribution in [3.05, 3.63) is 40.6 Å². The molecule has 0 aliphatic carbocycles. The van der Waals surface area contributed by atoms with Crippen molar-refractivity contribution in [1.29, 1.82) is 0 Å². The summed E-state index contributed by atoms with van der Waals surface area (Å²) in [4.78, 5) is 16.8. The normalized spacial score (nSPS) is 11.0. The smallest absolute Gasteiger partial charge is 0.261 e. The fourth-order valence-electron chi connectivity index (χ4n) is 2.22. The van der Waals surface area contributed by atoms with E-state index in [4.69, 9.17) is 9.47 Å². The van der Waals surface area contributed by atoms with Crippen molar-refractivity contribution in [2.45, 2.75) is 6.42 Å². The molecule has 2 rings (SSSR count). The Labute approximate surface area is 157 Å². The number of carbonyl (C=O) groups excluding carboxylic acids is 1. The lowest BCUT2D eigenvalue weighted by atomic mass is 10.2.